The number of nitrogens with zero attached hydrogens (tertiary/aromatic N) is 3. The van der Waals surface area contributed by atoms with Gasteiger partial charge in [0.1, 0.15) is 11.8 Å². The quantitative estimate of drug-likeness (QED) is 0.598. The third-order valence-corrected chi connectivity index (χ3v) is 6.52. The lowest BCUT2D eigenvalue weighted by Gasteiger charge is -2.29. The number of aryl methyl sites for hydroxylation is 1. The number of methoxy groups -OCH3 is 1. The molecule has 1 fully saturated rings. The first-order chi connectivity index (χ1) is 15.9. The Morgan fingerprint density at radius 3 is 2.61 bits per heavy atom. The Morgan fingerprint density at radius 1 is 1.09 bits per heavy atom. The molecule has 8 nitrogen and oxygen atoms in total. The molecule has 1 aromatic heterocycles. The summed E-state index contributed by atoms with van der Waals surface area (Å²) in [5, 5.41) is 7.30. The zero-order chi connectivity index (χ0) is 23.3. The van der Waals surface area contributed by atoms with E-state index in [1.54, 1.807) is 35.0 Å². The van der Waals surface area contributed by atoms with Gasteiger partial charge >= 0.3 is 0 Å². The van der Waals surface area contributed by atoms with Crippen molar-refractivity contribution in [2.45, 2.75) is 25.4 Å². The van der Waals surface area contributed by atoms with Crippen molar-refractivity contribution in [3.05, 3.63) is 58.7 Å². The minimum absolute atomic E-state index is 0.198. The second-order valence-electron chi connectivity index (χ2n) is 8.15. The summed E-state index contributed by atoms with van der Waals surface area (Å²) in [6.07, 6.45) is 2.33. The maximum atomic E-state index is 13.0. The molecule has 2 aliphatic heterocycles. The monoisotopic (exact) mass is 464 g/mol. The van der Waals surface area contributed by atoms with Gasteiger partial charge in [0.2, 0.25) is 11.8 Å². The van der Waals surface area contributed by atoms with E-state index < -0.39 is 11.9 Å². The number of carbonyl (C=O) groups is 3. The Morgan fingerprint density at radius 2 is 1.88 bits per heavy atom. The largest absolute Gasteiger partial charge is 0.497 e. The molecule has 2 aromatic carbocycles. The Hall–Kier alpha value is -3.65. The van der Waals surface area contributed by atoms with Gasteiger partial charge in [0, 0.05) is 36.7 Å². The van der Waals surface area contributed by atoms with Gasteiger partial charge in [0.15, 0.2) is 0 Å². The fourth-order valence-corrected chi connectivity index (χ4v) is 4.79. The number of imide groups is 1. The van der Waals surface area contributed by atoms with Gasteiger partial charge in [-0.3, -0.25) is 24.4 Å². The number of nitrogens with one attached hydrogen (secondary N) is 1. The topological polar surface area (TPSA) is 93.5 Å². The number of benzene rings is 2. The molecule has 5 rings (SSSR count). The van der Waals surface area contributed by atoms with Crippen molar-refractivity contribution in [3.63, 3.8) is 0 Å². The van der Waals surface area contributed by atoms with Crippen molar-refractivity contribution in [3.8, 4) is 28.1 Å². The highest BCUT2D eigenvalue weighted by Crippen LogP contribution is 2.39. The first kappa shape index (κ1) is 21.2. The standard InChI is InChI=1S/C24H21ClN4O4/c1-28-22(17-6-4-15(33-2)10-19(17)25)18(11-26-28)13-3-5-16-14(9-13)12-29(24(16)32)20-7-8-21(30)27-23(20)31/h3-6,9-11,20H,7-8,12H2,1-2H3,(H,27,30,31). The number of rotatable bonds is 4. The fraction of sp³-hybridized carbons (Fsp3) is 0.250. The highest BCUT2D eigenvalue weighted by molar-refractivity contribution is 6.33. The molecule has 3 aromatic rings. The highest BCUT2D eigenvalue weighted by atomic mass is 35.5. The number of ether oxygens (including phenoxy) is 1. The maximum absolute atomic E-state index is 13.0. The van der Waals surface area contributed by atoms with E-state index in [1.165, 1.54) is 0 Å². The summed E-state index contributed by atoms with van der Waals surface area (Å²) in [7, 11) is 3.44. The molecule has 1 N–H and O–H groups in total. The van der Waals surface area contributed by atoms with Gasteiger partial charge in [-0.15, -0.1) is 0 Å². The summed E-state index contributed by atoms with van der Waals surface area (Å²) < 4.78 is 7.02. The van der Waals surface area contributed by atoms with E-state index in [2.05, 4.69) is 10.4 Å². The SMILES string of the molecule is COc1ccc(-c2c(-c3ccc4c(c3)CN(C3CCC(=O)NC3=O)C4=O)cnn2C)c(Cl)c1. The number of halogens is 1. The van der Waals surface area contributed by atoms with Crippen molar-refractivity contribution in [2.24, 2.45) is 7.05 Å². The summed E-state index contributed by atoms with van der Waals surface area (Å²) in [6.45, 7) is 0.313. The van der Waals surface area contributed by atoms with Gasteiger partial charge in [-0.25, -0.2) is 0 Å². The van der Waals surface area contributed by atoms with Gasteiger partial charge in [-0.2, -0.15) is 5.10 Å². The minimum atomic E-state index is -0.641. The van der Waals surface area contributed by atoms with E-state index in [0.717, 1.165) is 27.9 Å². The summed E-state index contributed by atoms with van der Waals surface area (Å²) >= 11 is 6.54. The van der Waals surface area contributed by atoms with Crippen LogP contribution < -0.4 is 10.1 Å². The van der Waals surface area contributed by atoms with Crippen molar-refractivity contribution in [1.82, 2.24) is 20.0 Å². The predicted octanol–water partition coefficient (Wildman–Crippen LogP) is 3.18. The lowest BCUT2D eigenvalue weighted by atomic mass is 9.98. The van der Waals surface area contributed by atoms with Crippen LogP contribution in [0, 0.1) is 0 Å². The van der Waals surface area contributed by atoms with Crippen LogP contribution in [0.15, 0.2) is 42.6 Å². The van der Waals surface area contributed by atoms with Gasteiger partial charge in [-0.05, 0) is 47.9 Å². The van der Waals surface area contributed by atoms with E-state index in [1.807, 2.05) is 31.3 Å². The van der Waals surface area contributed by atoms with Crippen molar-refractivity contribution < 1.29 is 19.1 Å². The molecule has 168 valence electrons. The van der Waals surface area contributed by atoms with Crippen LogP contribution >= 0.6 is 11.6 Å². The summed E-state index contributed by atoms with van der Waals surface area (Å²) in [5.74, 6) is -0.256. The molecule has 3 heterocycles. The summed E-state index contributed by atoms with van der Waals surface area (Å²) in [4.78, 5) is 38.3. The molecular formula is C24H21ClN4O4. The first-order valence-corrected chi connectivity index (χ1v) is 10.9. The molecule has 33 heavy (non-hydrogen) atoms. The molecule has 0 saturated carbocycles. The summed E-state index contributed by atoms with van der Waals surface area (Å²) in [5.41, 5.74) is 4.82. The number of fused-ring (bicyclic) bond motifs is 1. The van der Waals surface area contributed by atoms with Gasteiger partial charge in [0.25, 0.3) is 5.91 Å². The van der Waals surface area contributed by atoms with Crippen LogP contribution in [0.1, 0.15) is 28.8 Å². The smallest absolute Gasteiger partial charge is 0.255 e. The van der Waals surface area contributed by atoms with Crippen LogP contribution in [0.25, 0.3) is 22.4 Å². The average molecular weight is 465 g/mol. The molecule has 0 bridgehead atoms. The van der Waals surface area contributed by atoms with E-state index in [0.29, 0.717) is 29.3 Å². The number of piperidine rings is 1. The van der Waals surface area contributed by atoms with Crippen LogP contribution in [0.3, 0.4) is 0 Å². The maximum Gasteiger partial charge on any atom is 0.255 e. The third kappa shape index (κ3) is 3.56. The Balaban J connectivity index is 1.50. The molecule has 3 amide bonds. The van der Waals surface area contributed by atoms with Gasteiger partial charge < -0.3 is 9.64 Å². The van der Waals surface area contributed by atoms with Gasteiger partial charge in [-0.1, -0.05) is 17.7 Å². The van der Waals surface area contributed by atoms with Crippen LogP contribution in [0.5, 0.6) is 5.75 Å². The van der Waals surface area contributed by atoms with Crippen LogP contribution in [-0.4, -0.2) is 45.6 Å². The Bertz CT molecular complexity index is 1320. The third-order valence-electron chi connectivity index (χ3n) is 6.20. The molecule has 2 aliphatic rings. The summed E-state index contributed by atoms with van der Waals surface area (Å²) in [6, 6.07) is 10.5. The zero-order valence-corrected chi connectivity index (χ0v) is 18.8. The number of hydrogen-bond donors (Lipinski definition) is 1. The second-order valence-corrected chi connectivity index (χ2v) is 8.56. The number of aromatic nitrogens is 2. The van der Waals surface area contributed by atoms with E-state index in [9.17, 15) is 14.4 Å². The number of hydrogen-bond acceptors (Lipinski definition) is 5. The average Bonchev–Trinajstić information content (AvgIpc) is 3.33. The molecule has 0 radical (unpaired) electrons. The van der Waals surface area contributed by atoms with Crippen LogP contribution in [0.4, 0.5) is 0 Å². The number of amides is 3. The van der Waals surface area contributed by atoms with E-state index in [-0.39, 0.29) is 18.2 Å². The van der Waals surface area contributed by atoms with E-state index in [4.69, 9.17) is 16.3 Å². The molecular weight excluding hydrogens is 444 g/mol. The minimum Gasteiger partial charge on any atom is -0.497 e. The highest BCUT2D eigenvalue weighted by Gasteiger charge is 2.39. The molecule has 0 aliphatic carbocycles. The van der Waals surface area contributed by atoms with Gasteiger partial charge in [0.05, 0.1) is 24.0 Å². The fourth-order valence-electron chi connectivity index (χ4n) is 4.53. The molecule has 0 spiro atoms. The molecule has 1 saturated heterocycles. The second kappa shape index (κ2) is 8.04. The molecule has 9 heteroatoms. The molecule has 1 unspecified atom stereocenters. The van der Waals surface area contributed by atoms with Crippen LogP contribution in [-0.2, 0) is 23.2 Å². The van der Waals surface area contributed by atoms with E-state index >= 15 is 0 Å². The predicted molar refractivity (Wildman–Crippen MR) is 122 cm³/mol. The van der Waals surface area contributed by atoms with Crippen molar-refractivity contribution in [1.29, 1.82) is 0 Å². The van der Waals surface area contributed by atoms with Crippen LogP contribution in [0.2, 0.25) is 5.02 Å². The lowest BCUT2D eigenvalue weighted by Crippen LogP contribution is -2.52. The Labute approximate surface area is 195 Å². The first-order valence-electron chi connectivity index (χ1n) is 10.5. The van der Waals surface area contributed by atoms with Crippen molar-refractivity contribution >= 4 is 29.3 Å². The van der Waals surface area contributed by atoms with Crippen molar-refractivity contribution in [2.75, 3.05) is 7.11 Å². The lowest BCUT2D eigenvalue weighted by molar-refractivity contribution is -0.136. The normalized spacial score (nSPS) is 17.8. The number of carbonyl (C=O) groups excluding carboxylic acids is 3. The molecule has 1 atom stereocenters. The zero-order valence-electron chi connectivity index (χ0n) is 18.1. The Kier molecular flexibility index (Phi) is 5.17.